The van der Waals surface area contributed by atoms with E-state index in [4.69, 9.17) is 0 Å². The van der Waals surface area contributed by atoms with Crippen LogP contribution < -0.4 is 5.32 Å². The molecule has 1 heterocycles. The summed E-state index contributed by atoms with van der Waals surface area (Å²) in [6.45, 7) is 4.16. The second-order valence-electron chi connectivity index (χ2n) is 5.97. The van der Waals surface area contributed by atoms with E-state index in [0.29, 0.717) is 18.0 Å². The Balaban J connectivity index is 1.67. The first kappa shape index (κ1) is 13.6. The monoisotopic (exact) mass is 272 g/mol. The zero-order chi connectivity index (χ0) is 13.9. The van der Waals surface area contributed by atoms with Crippen molar-refractivity contribution in [3.8, 4) is 0 Å². The Labute approximate surface area is 121 Å². The van der Waals surface area contributed by atoms with Crippen LogP contribution in [-0.4, -0.2) is 36.0 Å². The van der Waals surface area contributed by atoms with E-state index in [1.807, 2.05) is 0 Å². The molecule has 0 saturated carbocycles. The van der Waals surface area contributed by atoms with Gasteiger partial charge < -0.3 is 10.2 Å². The fourth-order valence-corrected chi connectivity index (χ4v) is 3.72. The van der Waals surface area contributed by atoms with Crippen molar-refractivity contribution in [2.24, 2.45) is 0 Å². The molecular formula is C17H24N2O. The predicted molar refractivity (Wildman–Crippen MR) is 80.7 cm³/mol. The number of nitrogens with one attached hydrogen (secondary N) is 1. The molecule has 1 N–H and O–H groups in total. The van der Waals surface area contributed by atoms with Gasteiger partial charge >= 0.3 is 0 Å². The van der Waals surface area contributed by atoms with Gasteiger partial charge in [0, 0.05) is 18.5 Å². The highest BCUT2D eigenvalue weighted by Crippen LogP contribution is 2.32. The minimum Gasteiger partial charge on any atom is -0.336 e. The van der Waals surface area contributed by atoms with Gasteiger partial charge in [-0.05, 0) is 49.9 Å². The van der Waals surface area contributed by atoms with Crippen LogP contribution in [0.1, 0.15) is 37.3 Å². The topological polar surface area (TPSA) is 32.3 Å². The fraction of sp³-hybridized carbons (Fsp3) is 0.588. The summed E-state index contributed by atoms with van der Waals surface area (Å²) in [4.78, 5) is 14.5. The summed E-state index contributed by atoms with van der Waals surface area (Å²) in [5, 5.41) is 3.38. The molecule has 2 aliphatic rings. The van der Waals surface area contributed by atoms with Crippen molar-refractivity contribution in [3.05, 3.63) is 35.4 Å². The largest absolute Gasteiger partial charge is 0.336 e. The van der Waals surface area contributed by atoms with E-state index in [2.05, 4.69) is 41.4 Å². The Hall–Kier alpha value is -1.35. The number of rotatable bonds is 5. The van der Waals surface area contributed by atoms with E-state index in [-0.39, 0.29) is 0 Å². The summed E-state index contributed by atoms with van der Waals surface area (Å²) in [5.74, 6) is 0.365. The Morgan fingerprint density at radius 1 is 1.25 bits per heavy atom. The van der Waals surface area contributed by atoms with Crippen LogP contribution in [0, 0.1) is 0 Å². The van der Waals surface area contributed by atoms with Gasteiger partial charge in [0.15, 0.2) is 0 Å². The van der Waals surface area contributed by atoms with Crippen LogP contribution in [0.5, 0.6) is 0 Å². The molecule has 1 amide bonds. The molecule has 1 atom stereocenters. The van der Waals surface area contributed by atoms with Gasteiger partial charge in [0.05, 0.1) is 0 Å². The highest BCUT2D eigenvalue weighted by molar-refractivity contribution is 5.79. The van der Waals surface area contributed by atoms with Crippen molar-refractivity contribution in [3.63, 3.8) is 0 Å². The first-order chi connectivity index (χ1) is 9.79. The van der Waals surface area contributed by atoms with Gasteiger partial charge in [-0.25, -0.2) is 0 Å². The SMILES string of the molecule is CCNCCC1CCC(=O)N1C1Cc2ccccc2C1. The Morgan fingerprint density at radius 2 is 1.95 bits per heavy atom. The van der Waals surface area contributed by atoms with E-state index in [1.54, 1.807) is 0 Å². The number of likely N-dealkylation sites (tertiary alicyclic amines) is 1. The molecule has 1 aromatic rings. The Morgan fingerprint density at radius 3 is 2.60 bits per heavy atom. The number of fused-ring (bicyclic) bond motifs is 1. The van der Waals surface area contributed by atoms with E-state index < -0.39 is 0 Å². The van der Waals surface area contributed by atoms with Crippen LogP contribution in [0.25, 0.3) is 0 Å². The third-order valence-electron chi connectivity index (χ3n) is 4.70. The maximum absolute atomic E-state index is 12.3. The maximum Gasteiger partial charge on any atom is 0.223 e. The van der Waals surface area contributed by atoms with E-state index >= 15 is 0 Å². The second-order valence-corrected chi connectivity index (χ2v) is 5.97. The van der Waals surface area contributed by atoms with Crippen molar-refractivity contribution >= 4 is 5.91 Å². The zero-order valence-electron chi connectivity index (χ0n) is 12.3. The average molecular weight is 272 g/mol. The van der Waals surface area contributed by atoms with Crippen molar-refractivity contribution in [2.45, 2.75) is 51.1 Å². The first-order valence-electron chi connectivity index (χ1n) is 7.88. The average Bonchev–Trinajstić information content (AvgIpc) is 3.02. The van der Waals surface area contributed by atoms with Crippen molar-refractivity contribution < 1.29 is 4.79 Å². The lowest BCUT2D eigenvalue weighted by Crippen LogP contribution is -2.43. The molecule has 0 bridgehead atoms. The van der Waals surface area contributed by atoms with Gasteiger partial charge in [0.1, 0.15) is 0 Å². The lowest BCUT2D eigenvalue weighted by Gasteiger charge is -2.31. The van der Waals surface area contributed by atoms with Gasteiger partial charge in [-0.3, -0.25) is 4.79 Å². The van der Waals surface area contributed by atoms with Crippen molar-refractivity contribution in [1.29, 1.82) is 0 Å². The van der Waals surface area contributed by atoms with Gasteiger partial charge in [-0.2, -0.15) is 0 Å². The highest BCUT2D eigenvalue weighted by Gasteiger charge is 2.38. The Kier molecular flexibility index (Phi) is 4.06. The fourth-order valence-electron chi connectivity index (χ4n) is 3.72. The van der Waals surface area contributed by atoms with Crippen LogP contribution in [0.2, 0.25) is 0 Å². The molecule has 3 rings (SSSR count). The smallest absolute Gasteiger partial charge is 0.223 e. The van der Waals surface area contributed by atoms with Crippen molar-refractivity contribution in [2.75, 3.05) is 13.1 Å². The molecule has 1 saturated heterocycles. The molecule has 20 heavy (non-hydrogen) atoms. The molecule has 3 heteroatoms. The molecule has 0 spiro atoms. The molecule has 0 aromatic heterocycles. The lowest BCUT2D eigenvalue weighted by atomic mass is 10.1. The van der Waals surface area contributed by atoms with Crippen LogP contribution >= 0.6 is 0 Å². The molecular weight excluding hydrogens is 248 g/mol. The lowest BCUT2D eigenvalue weighted by molar-refractivity contribution is -0.131. The van der Waals surface area contributed by atoms with E-state index in [0.717, 1.165) is 45.2 Å². The molecule has 1 fully saturated rings. The number of hydrogen-bond acceptors (Lipinski definition) is 2. The standard InChI is InChI=1S/C17H24N2O/c1-2-18-10-9-15-7-8-17(20)19(15)16-11-13-5-3-4-6-14(13)12-16/h3-6,15-16,18H,2,7-12H2,1H3. The van der Waals surface area contributed by atoms with Gasteiger partial charge in [0.2, 0.25) is 5.91 Å². The third-order valence-corrected chi connectivity index (χ3v) is 4.70. The zero-order valence-corrected chi connectivity index (χ0v) is 12.3. The van der Waals surface area contributed by atoms with Crippen molar-refractivity contribution in [1.82, 2.24) is 10.2 Å². The minimum atomic E-state index is 0.365. The number of carbonyl (C=O) groups excluding carboxylic acids is 1. The summed E-state index contributed by atoms with van der Waals surface area (Å²) in [6, 6.07) is 9.48. The number of carbonyl (C=O) groups is 1. The van der Waals surface area contributed by atoms with E-state index in [9.17, 15) is 4.79 Å². The second kappa shape index (κ2) is 5.96. The number of hydrogen-bond donors (Lipinski definition) is 1. The normalized spacial score (nSPS) is 22.6. The van der Waals surface area contributed by atoms with Crippen LogP contribution in [0.3, 0.4) is 0 Å². The minimum absolute atomic E-state index is 0.365. The first-order valence-corrected chi connectivity index (χ1v) is 7.88. The number of benzene rings is 1. The molecule has 3 nitrogen and oxygen atoms in total. The number of amides is 1. The molecule has 1 aliphatic carbocycles. The van der Waals surface area contributed by atoms with Gasteiger partial charge in [0.25, 0.3) is 0 Å². The summed E-state index contributed by atoms with van der Waals surface area (Å²) in [5.41, 5.74) is 2.87. The Bertz CT molecular complexity index is 461. The molecule has 108 valence electrons. The maximum atomic E-state index is 12.3. The van der Waals surface area contributed by atoms with Crippen LogP contribution in [-0.2, 0) is 17.6 Å². The molecule has 1 unspecified atom stereocenters. The summed E-state index contributed by atoms with van der Waals surface area (Å²) in [6.07, 6.45) is 4.95. The summed E-state index contributed by atoms with van der Waals surface area (Å²) in [7, 11) is 0. The summed E-state index contributed by atoms with van der Waals surface area (Å²) < 4.78 is 0. The summed E-state index contributed by atoms with van der Waals surface area (Å²) >= 11 is 0. The predicted octanol–water partition coefficient (Wildman–Crippen LogP) is 2.14. The molecule has 0 radical (unpaired) electrons. The van der Waals surface area contributed by atoms with Gasteiger partial charge in [-0.15, -0.1) is 0 Å². The third kappa shape index (κ3) is 2.59. The molecule has 1 aromatic carbocycles. The quantitative estimate of drug-likeness (QED) is 0.833. The molecule has 1 aliphatic heterocycles. The van der Waals surface area contributed by atoms with Crippen LogP contribution in [0.4, 0.5) is 0 Å². The van der Waals surface area contributed by atoms with Gasteiger partial charge in [-0.1, -0.05) is 31.2 Å². The number of nitrogens with zero attached hydrogens (tertiary/aromatic N) is 1. The van der Waals surface area contributed by atoms with Crippen LogP contribution in [0.15, 0.2) is 24.3 Å². The highest BCUT2D eigenvalue weighted by atomic mass is 16.2. The van der Waals surface area contributed by atoms with E-state index in [1.165, 1.54) is 11.1 Å².